The van der Waals surface area contributed by atoms with E-state index in [9.17, 15) is 14.0 Å². The van der Waals surface area contributed by atoms with Crippen molar-refractivity contribution >= 4 is 22.7 Å². The molecule has 2 fully saturated rings. The Morgan fingerprint density at radius 2 is 2.10 bits per heavy atom. The normalized spacial score (nSPS) is 29.3. The predicted octanol–water partition coefficient (Wildman–Crippen LogP) is 2.74. The van der Waals surface area contributed by atoms with Gasteiger partial charge < -0.3 is 25.0 Å². The van der Waals surface area contributed by atoms with Crippen molar-refractivity contribution in [2.24, 2.45) is 11.7 Å². The van der Waals surface area contributed by atoms with E-state index in [1.165, 1.54) is 16.8 Å². The molecular formula is C21H19F2N3O4. The number of ether oxygens (including phenoxy) is 1. The average Bonchev–Trinajstić information content (AvgIpc) is 3.29. The summed E-state index contributed by atoms with van der Waals surface area (Å²) in [7, 11) is 0. The third kappa shape index (κ3) is 2.88. The predicted molar refractivity (Wildman–Crippen MR) is 106 cm³/mol. The molecule has 5 rings (SSSR count). The third-order valence-corrected chi connectivity index (χ3v) is 6.08. The molecule has 2 heterocycles. The Labute approximate surface area is 169 Å². The Kier molecular flexibility index (Phi) is 4.01. The molecule has 2 aliphatic carbocycles. The zero-order valence-electron chi connectivity index (χ0n) is 15.8. The molecule has 1 aromatic carbocycles. The summed E-state index contributed by atoms with van der Waals surface area (Å²) in [6.07, 6.45) is 6.28. The van der Waals surface area contributed by atoms with Crippen molar-refractivity contribution in [3.63, 3.8) is 0 Å². The molecule has 7 nitrogen and oxygen atoms in total. The average molecular weight is 415 g/mol. The number of hydrogen-bond donors (Lipinski definition) is 2. The highest BCUT2D eigenvalue weighted by Gasteiger charge is 2.43. The second kappa shape index (κ2) is 6.40. The largest absolute Gasteiger partial charge is 0.511 e. The first-order valence-electron chi connectivity index (χ1n) is 9.60. The van der Waals surface area contributed by atoms with Gasteiger partial charge in [-0.05, 0) is 12.1 Å². The second-order valence-electron chi connectivity index (χ2n) is 8.08. The van der Waals surface area contributed by atoms with Gasteiger partial charge in [0.2, 0.25) is 5.43 Å². The number of nitrogens with two attached hydrogens (primary N) is 1. The summed E-state index contributed by atoms with van der Waals surface area (Å²) in [4.78, 5) is 25.4. The number of halogens is 2. The van der Waals surface area contributed by atoms with Gasteiger partial charge in [0.25, 0.3) is 0 Å². The van der Waals surface area contributed by atoms with E-state index in [1.54, 1.807) is 0 Å². The number of hydrogen-bond acceptors (Lipinski definition) is 5. The van der Waals surface area contributed by atoms with Gasteiger partial charge in [0.15, 0.2) is 5.75 Å². The Balaban J connectivity index is 1.64. The number of carboxylic acid groups (broad SMARTS) is 1. The molecule has 30 heavy (non-hydrogen) atoms. The van der Waals surface area contributed by atoms with Crippen LogP contribution in [0.3, 0.4) is 0 Å². The zero-order chi connectivity index (χ0) is 21.2. The van der Waals surface area contributed by atoms with Crippen LogP contribution in [0, 0.1) is 11.7 Å². The minimum absolute atomic E-state index is 0.0183. The number of aromatic nitrogens is 1. The van der Waals surface area contributed by atoms with Crippen LogP contribution in [0.4, 0.5) is 19.3 Å². The highest BCUT2D eigenvalue weighted by molar-refractivity contribution is 5.85. The first-order chi connectivity index (χ1) is 14.3. The summed E-state index contributed by atoms with van der Waals surface area (Å²) in [6.45, 7) is 0.889. The number of alkyl halides is 1. The van der Waals surface area contributed by atoms with E-state index in [1.807, 2.05) is 29.2 Å². The Bertz CT molecular complexity index is 1190. The zero-order valence-corrected chi connectivity index (χ0v) is 15.8. The van der Waals surface area contributed by atoms with Crippen molar-refractivity contribution < 1.29 is 23.4 Å². The molecule has 0 radical (unpaired) electrons. The molecule has 1 aromatic heterocycles. The van der Waals surface area contributed by atoms with Crippen LogP contribution in [0.1, 0.15) is 12.5 Å². The van der Waals surface area contributed by atoms with E-state index >= 15 is 4.39 Å². The van der Waals surface area contributed by atoms with E-state index in [0.29, 0.717) is 18.6 Å². The van der Waals surface area contributed by atoms with Crippen LogP contribution in [0.2, 0.25) is 0 Å². The highest BCUT2D eigenvalue weighted by Crippen LogP contribution is 2.42. The molecule has 3 N–H and O–H groups in total. The molecule has 2 unspecified atom stereocenters. The lowest BCUT2D eigenvalue weighted by molar-refractivity contribution is 0.143. The number of nitrogens with zero attached hydrogens (tertiary/aromatic N) is 2. The summed E-state index contributed by atoms with van der Waals surface area (Å²) < 4.78 is 34.9. The van der Waals surface area contributed by atoms with Gasteiger partial charge in [-0.1, -0.05) is 24.3 Å². The summed E-state index contributed by atoms with van der Waals surface area (Å²) >= 11 is 0. The van der Waals surface area contributed by atoms with Crippen molar-refractivity contribution in [1.29, 1.82) is 0 Å². The molecule has 4 atom stereocenters. The number of allylic oxidation sites excluding steroid dienone is 2. The summed E-state index contributed by atoms with van der Waals surface area (Å²) in [6, 6.07) is 2.01. The van der Waals surface area contributed by atoms with Gasteiger partial charge in [0.05, 0.1) is 34.4 Å². The number of fused-ring (bicyclic) bond motifs is 2. The molecule has 2 aromatic rings. The van der Waals surface area contributed by atoms with E-state index < -0.39 is 40.9 Å². The van der Waals surface area contributed by atoms with Crippen molar-refractivity contribution in [2.45, 2.75) is 24.2 Å². The second-order valence-corrected chi connectivity index (χ2v) is 8.08. The molecule has 1 aliphatic heterocycles. The minimum Gasteiger partial charge on any atom is -0.449 e. The topological polar surface area (TPSA) is 97.8 Å². The molecule has 0 bridgehead atoms. The number of carbonyl (C=O) groups is 1. The third-order valence-electron chi connectivity index (χ3n) is 6.08. The van der Waals surface area contributed by atoms with Gasteiger partial charge in [-0.3, -0.25) is 4.79 Å². The van der Waals surface area contributed by atoms with Crippen LogP contribution in [-0.4, -0.2) is 40.6 Å². The molecule has 0 amide bonds. The standard InChI is InChI=1S/C21H19F2N3O4/c22-13-5-12-15(7-16(13)25-8-11-3-1-2-4-21(11,24)10-25)26(17-6-14(17)23)9-18(19(12)27)30-20(28)29/h1-5,7,9,11,14,17H,6,8,10,24H2,(H,28,29)/t11?,14-,17+,21?/m0/s1. The van der Waals surface area contributed by atoms with Gasteiger partial charge in [0, 0.05) is 25.4 Å². The van der Waals surface area contributed by atoms with Gasteiger partial charge in [-0.15, -0.1) is 0 Å². The van der Waals surface area contributed by atoms with Crippen LogP contribution in [0.5, 0.6) is 5.75 Å². The molecule has 3 aliphatic rings. The Morgan fingerprint density at radius 3 is 2.77 bits per heavy atom. The number of pyridine rings is 1. The van der Waals surface area contributed by atoms with Crippen molar-refractivity contribution in [3.05, 3.63) is 58.7 Å². The SMILES string of the molecule is NC12C=CC=CC1CN(c1cc3c(cc1F)c(=O)c(OC(=O)O)cn3[C@@H]1C[C@@H]1F)C2. The maximum Gasteiger partial charge on any atom is 0.511 e. The molecule has 0 spiro atoms. The van der Waals surface area contributed by atoms with Gasteiger partial charge in [0.1, 0.15) is 12.0 Å². The smallest absolute Gasteiger partial charge is 0.449 e. The van der Waals surface area contributed by atoms with Crippen LogP contribution in [0.15, 0.2) is 47.4 Å². The Morgan fingerprint density at radius 1 is 1.33 bits per heavy atom. The lowest BCUT2D eigenvalue weighted by Crippen LogP contribution is -2.46. The minimum atomic E-state index is -1.67. The molecular weight excluding hydrogens is 396 g/mol. The highest BCUT2D eigenvalue weighted by atomic mass is 19.1. The molecule has 1 saturated heterocycles. The van der Waals surface area contributed by atoms with Crippen molar-refractivity contribution in [3.8, 4) is 5.75 Å². The lowest BCUT2D eigenvalue weighted by atomic mass is 9.85. The fourth-order valence-electron chi connectivity index (χ4n) is 4.41. The van der Waals surface area contributed by atoms with Crippen molar-refractivity contribution in [1.82, 2.24) is 4.57 Å². The van der Waals surface area contributed by atoms with E-state index in [4.69, 9.17) is 10.8 Å². The first-order valence-corrected chi connectivity index (χ1v) is 9.60. The molecule has 1 saturated carbocycles. The summed E-state index contributed by atoms with van der Waals surface area (Å²) in [5, 5.41) is 8.82. The van der Waals surface area contributed by atoms with Gasteiger partial charge >= 0.3 is 6.16 Å². The summed E-state index contributed by atoms with van der Waals surface area (Å²) in [5.74, 6) is -1.10. The fourth-order valence-corrected chi connectivity index (χ4v) is 4.41. The van der Waals surface area contributed by atoms with E-state index in [0.717, 1.165) is 6.07 Å². The van der Waals surface area contributed by atoms with Crippen LogP contribution in [0.25, 0.3) is 10.9 Å². The number of anilines is 1. The number of benzene rings is 1. The van der Waals surface area contributed by atoms with E-state index in [-0.39, 0.29) is 23.4 Å². The number of rotatable bonds is 3. The maximum atomic E-state index is 15.1. The Hall–Kier alpha value is -3.20. The van der Waals surface area contributed by atoms with Crippen molar-refractivity contribution in [2.75, 3.05) is 18.0 Å². The van der Waals surface area contributed by atoms with Gasteiger partial charge in [-0.2, -0.15) is 0 Å². The first kappa shape index (κ1) is 18.8. The maximum absolute atomic E-state index is 15.1. The lowest BCUT2D eigenvalue weighted by Gasteiger charge is -2.26. The van der Waals surface area contributed by atoms with E-state index in [2.05, 4.69) is 4.74 Å². The van der Waals surface area contributed by atoms with Crippen LogP contribution in [-0.2, 0) is 0 Å². The van der Waals surface area contributed by atoms with Crippen LogP contribution < -0.4 is 20.8 Å². The molecule has 156 valence electrons. The summed E-state index contributed by atoms with van der Waals surface area (Å²) in [5.41, 5.74) is 5.68. The monoisotopic (exact) mass is 415 g/mol. The van der Waals surface area contributed by atoms with Gasteiger partial charge in [-0.25, -0.2) is 13.6 Å². The molecule has 9 heteroatoms. The van der Waals surface area contributed by atoms with Crippen LogP contribution >= 0.6 is 0 Å². The quantitative estimate of drug-likeness (QED) is 0.749. The fraction of sp³-hybridized carbons (Fsp3) is 0.333.